The number of carbonyl (C=O) groups excluding carboxylic acids is 1. The van der Waals surface area contributed by atoms with Crippen LogP contribution in [0, 0.1) is 6.92 Å². The van der Waals surface area contributed by atoms with Gasteiger partial charge in [-0.1, -0.05) is 22.9 Å². The Balaban J connectivity index is 1.48. The quantitative estimate of drug-likeness (QED) is 0.643. The Bertz CT molecular complexity index is 1010. The van der Waals surface area contributed by atoms with Gasteiger partial charge in [-0.2, -0.15) is 4.98 Å². The summed E-state index contributed by atoms with van der Waals surface area (Å²) in [6, 6.07) is 12.8. The van der Waals surface area contributed by atoms with Crippen LogP contribution in [0.5, 0.6) is 5.75 Å². The maximum atomic E-state index is 12.4. The van der Waals surface area contributed by atoms with E-state index >= 15 is 0 Å². The normalized spacial score (nSPS) is 17.0. The standard InChI is InChI=1S/C20H16F3N3O3/c1-12-2-6-15(7-3-12)26-11-14(10-17(26)27)19-24-18(25-29-19)13-4-8-16(9-5-13)28-20(21,22)23/h2-9,14H,10-11H2,1H3. The number of halogens is 3. The number of anilines is 1. The highest BCUT2D eigenvalue weighted by molar-refractivity contribution is 5.96. The number of amides is 1. The van der Waals surface area contributed by atoms with Crippen molar-refractivity contribution in [2.45, 2.75) is 25.6 Å². The lowest BCUT2D eigenvalue weighted by molar-refractivity contribution is -0.274. The van der Waals surface area contributed by atoms with Gasteiger partial charge >= 0.3 is 6.36 Å². The first-order valence-electron chi connectivity index (χ1n) is 8.85. The number of aromatic nitrogens is 2. The van der Waals surface area contributed by atoms with Crippen LogP contribution in [0.15, 0.2) is 53.1 Å². The lowest BCUT2D eigenvalue weighted by Gasteiger charge is -2.16. The molecule has 1 fully saturated rings. The number of hydrogen-bond acceptors (Lipinski definition) is 5. The predicted octanol–water partition coefficient (Wildman–Crippen LogP) is 4.46. The second-order valence-electron chi connectivity index (χ2n) is 6.77. The van der Waals surface area contributed by atoms with E-state index in [1.54, 1.807) is 4.90 Å². The second-order valence-corrected chi connectivity index (χ2v) is 6.77. The zero-order valence-electron chi connectivity index (χ0n) is 15.3. The zero-order valence-corrected chi connectivity index (χ0v) is 15.3. The highest BCUT2D eigenvalue weighted by atomic mass is 19.4. The molecule has 1 saturated heterocycles. The third kappa shape index (κ3) is 4.23. The van der Waals surface area contributed by atoms with Gasteiger partial charge in [0, 0.05) is 24.2 Å². The molecule has 1 aliphatic rings. The van der Waals surface area contributed by atoms with E-state index < -0.39 is 6.36 Å². The van der Waals surface area contributed by atoms with Gasteiger partial charge in [-0.15, -0.1) is 13.2 Å². The van der Waals surface area contributed by atoms with Crippen molar-refractivity contribution in [2.75, 3.05) is 11.4 Å². The largest absolute Gasteiger partial charge is 0.573 e. The molecule has 1 aliphatic heterocycles. The summed E-state index contributed by atoms with van der Waals surface area (Å²) in [7, 11) is 0. The molecule has 3 aromatic rings. The van der Waals surface area contributed by atoms with Crippen molar-refractivity contribution in [1.82, 2.24) is 10.1 Å². The molecule has 0 N–H and O–H groups in total. The molecular weight excluding hydrogens is 387 g/mol. The molecule has 9 heteroatoms. The van der Waals surface area contributed by atoms with Gasteiger partial charge in [-0.25, -0.2) is 0 Å². The van der Waals surface area contributed by atoms with Gasteiger partial charge in [0.25, 0.3) is 0 Å². The first-order valence-corrected chi connectivity index (χ1v) is 8.85. The predicted molar refractivity (Wildman–Crippen MR) is 97.3 cm³/mol. The number of carbonyl (C=O) groups is 1. The van der Waals surface area contributed by atoms with Crippen molar-refractivity contribution in [2.24, 2.45) is 0 Å². The van der Waals surface area contributed by atoms with Crippen LogP contribution in [0.2, 0.25) is 0 Å². The van der Waals surface area contributed by atoms with E-state index in [-0.39, 0.29) is 29.8 Å². The number of aryl methyl sites for hydroxylation is 1. The lowest BCUT2D eigenvalue weighted by atomic mass is 10.1. The van der Waals surface area contributed by atoms with Crippen LogP contribution in [0.1, 0.15) is 23.8 Å². The topological polar surface area (TPSA) is 68.5 Å². The molecule has 29 heavy (non-hydrogen) atoms. The molecule has 150 valence electrons. The Labute approximate surface area is 163 Å². The van der Waals surface area contributed by atoms with Gasteiger partial charge in [0.2, 0.25) is 17.6 Å². The van der Waals surface area contributed by atoms with Gasteiger partial charge in [-0.05, 0) is 43.3 Å². The molecule has 0 saturated carbocycles. The maximum Gasteiger partial charge on any atom is 0.573 e. The van der Waals surface area contributed by atoms with Crippen molar-refractivity contribution in [1.29, 1.82) is 0 Å². The van der Waals surface area contributed by atoms with Gasteiger partial charge in [0.15, 0.2) is 0 Å². The van der Waals surface area contributed by atoms with Crippen molar-refractivity contribution < 1.29 is 27.2 Å². The monoisotopic (exact) mass is 403 g/mol. The van der Waals surface area contributed by atoms with Crippen LogP contribution in [0.4, 0.5) is 18.9 Å². The Morgan fingerprint density at radius 2 is 1.79 bits per heavy atom. The minimum Gasteiger partial charge on any atom is -0.406 e. The molecule has 6 nitrogen and oxygen atoms in total. The zero-order chi connectivity index (χ0) is 20.6. The second kappa shape index (κ2) is 7.23. The summed E-state index contributed by atoms with van der Waals surface area (Å²) in [6.45, 7) is 2.39. The van der Waals surface area contributed by atoms with Gasteiger partial charge in [0.1, 0.15) is 5.75 Å². The minimum absolute atomic E-state index is 0.0349. The summed E-state index contributed by atoms with van der Waals surface area (Å²) < 4.78 is 45.9. The maximum absolute atomic E-state index is 12.4. The van der Waals surface area contributed by atoms with E-state index in [4.69, 9.17) is 4.52 Å². The van der Waals surface area contributed by atoms with E-state index in [1.807, 2.05) is 31.2 Å². The molecule has 1 amide bonds. The smallest absolute Gasteiger partial charge is 0.406 e. The molecule has 2 heterocycles. The third-order valence-electron chi connectivity index (χ3n) is 4.61. The SMILES string of the molecule is Cc1ccc(N2CC(c3nc(-c4ccc(OC(F)(F)F)cc4)no3)CC2=O)cc1. The number of alkyl halides is 3. The van der Waals surface area contributed by atoms with Crippen LogP contribution in [-0.4, -0.2) is 29.0 Å². The number of rotatable bonds is 4. The average molecular weight is 403 g/mol. The Morgan fingerprint density at radius 3 is 2.45 bits per heavy atom. The molecule has 2 aromatic carbocycles. The molecule has 0 spiro atoms. The van der Waals surface area contributed by atoms with Crippen LogP contribution in [0.3, 0.4) is 0 Å². The van der Waals surface area contributed by atoms with Crippen molar-refractivity contribution >= 4 is 11.6 Å². The number of benzene rings is 2. The number of ether oxygens (including phenoxy) is 1. The minimum atomic E-state index is -4.75. The summed E-state index contributed by atoms with van der Waals surface area (Å²) in [5.41, 5.74) is 2.39. The lowest BCUT2D eigenvalue weighted by Crippen LogP contribution is -2.24. The number of nitrogens with zero attached hydrogens (tertiary/aromatic N) is 3. The fourth-order valence-electron chi connectivity index (χ4n) is 3.17. The Hall–Kier alpha value is -3.36. The van der Waals surface area contributed by atoms with Crippen molar-refractivity contribution in [3.8, 4) is 17.1 Å². The van der Waals surface area contributed by atoms with E-state index in [9.17, 15) is 18.0 Å². The first kappa shape index (κ1) is 19.0. The molecule has 0 aliphatic carbocycles. The summed E-state index contributed by atoms with van der Waals surface area (Å²) in [5, 5.41) is 3.89. The number of hydrogen-bond donors (Lipinski definition) is 0. The van der Waals surface area contributed by atoms with Crippen molar-refractivity contribution in [3.05, 3.63) is 60.0 Å². The van der Waals surface area contributed by atoms with Crippen LogP contribution in [0.25, 0.3) is 11.4 Å². The van der Waals surface area contributed by atoms with Gasteiger partial charge < -0.3 is 14.2 Å². The third-order valence-corrected chi connectivity index (χ3v) is 4.61. The molecule has 1 unspecified atom stereocenters. The Kier molecular flexibility index (Phi) is 4.73. The summed E-state index contributed by atoms with van der Waals surface area (Å²) >= 11 is 0. The summed E-state index contributed by atoms with van der Waals surface area (Å²) in [4.78, 5) is 18.4. The van der Waals surface area contributed by atoms with Gasteiger partial charge in [-0.3, -0.25) is 4.79 Å². The summed E-state index contributed by atoms with van der Waals surface area (Å²) in [6.07, 6.45) is -4.51. The highest BCUT2D eigenvalue weighted by Crippen LogP contribution is 2.32. The van der Waals surface area contributed by atoms with Gasteiger partial charge in [0.05, 0.1) is 5.92 Å². The molecule has 1 atom stereocenters. The summed E-state index contributed by atoms with van der Waals surface area (Å²) in [5.74, 6) is -0.0661. The Morgan fingerprint density at radius 1 is 1.10 bits per heavy atom. The molecule has 0 radical (unpaired) electrons. The average Bonchev–Trinajstić information content (AvgIpc) is 3.29. The van der Waals surface area contributed by atoms with E-state index in [0.717, 1.165) is 11.3 Å². The highest BCUT2D eigenvalue weighted by Gasteiger charge is 2.35. The molecule has 0 bridgehead atoms. The fraction of sp³-hybridized carbons (Fsp3) is 0.250. The van der Waals surface area contributed by atoms with Crippen molar-refractivity contribution in [3.63, 3.8) is 0 Å². The van der Waals surface area contributed by atoms with Crippen LogP contribution < -0.4 is 9.64 Å². The molecule has 4 rings (SSSR count). The molecular formula is C20H16F3N3O3. The van der Waals surface area contributed by atoms with E-state index in [2.05, 4.69) is 14.9 Å². The van der Waals surface area contributed by atoms with Crippen LogP contribution in [-0.2, 0) is 4.79 Å². The first-order chi connectivity index (χ1) is 13.8. The van der Waals surface area contributed by atoms with E-state index in [0.29, 0.717) is 18.0 Å². The molecule has 1 aromatic heterocycles. The fourth-order valence-corrected chi connectivity index (χ4v) is 3.17. The van der Waals surface area contributed by atoms with E-state index in [1.165, 1.54) is 24.3 Å². The van der Waals surface area contributed by atoms with Crippen LogP contribution >= 0.6 is 0 Å².